The highest BCUT2D eigenvalue weighted by molar-refractivity contribution is 7.99. The second-order valence-corrected chi connectivity index (χ2v) is 6.02. The number of rotatable bonds is 5. The molecule has 0 unspecified atom stereocenters. The third-order valence-electron chi connectivity index (χ3n) is 3.46. The predicted octanol–water partition coefficient (Wildman–Crippen LogP) is 2.25. The zero-order valence-corrected chi connectivity index (χ0v) is 12.0. The number of nitrogens with two attached hydrogens (primary N) is 1. The fourth-order valence-electron chi connectivity index (χ4n) is 2.28. The van der Waals surface area contributed by atoms with E-state index in [4.69, 9.17) is 5.73 Å². The summed E-state index contributed by atoms with van der Waals surface area (Å²) in [5, 5.41) is 0.597. The van der Waals surface area contributed by atoms with E-state index in [9.17, 15) is 4.79 Å². The first-order valence-electron chi connectivity index (χ1n) is 6.76. The number of thioether (sulfide) groups is 1. The number of carbonyl (C=O) groups is 1. The minimum absolute atomic E-state index is 0.166. The van der Waals surface area contributed by atoms with E-state index in [2.05, 4.69) is 13.2 Å². The summed E-state index contributed by atoms with van der Waals surface area (Å²) >= 11 is 1.88. The Morgan fingerprint density at radius 2 is 2.29 bits per heavy atom. The molecule has 3 nitrogen and oxygen atoms in total. The Morgan fingerprint density at radius 1 is 1.53 bits per heavy atom. The molecule has 100 valence electrons. The van der Waals surface area contributed by atoms with Gasteiger partial charge in [-0.3, -0.25) is 4.79 Å². The molecule has 1 aliphatic heterocycles. The van der Waals surface area contributed by atoms with Gasteiger partial charge in [0, 0.05) is 18.3 Å². The fourth-order valence-corrected chi connectivity index (χ4v) is 3.01. The van der Waals surface area contributed by atoms with Gasteiger partial charge in [0.05, 0.1) is 6.04 Å². The van der Waals surface area contributed by atoms with Crippen LogP contribution < -0.4 is 5.73 Å². The topological polar surface area (TPSA) is 46.3 Å². The van der Waals surface area contributed by atoms with Crippen molar-refractivity contribution in [1.82, 2.24) is 4.90 Å². The molecule has 2 atom stereocenters. The molecule has 0 saturated carbocycles. The molecule has 0 aliphatic carbocycles. The summed E-state index contributed by atoms with van der Waals surface area (Å²) in [6.45, 7) is 3.92. The number of likely N-dealkylation sites (tertiary alicyclic amines) is 1. The van der Waals surface area contributed by atoms with Gasteiger partial charge in [-0.2, -0.15) is 11.8 Å². The Hall–Kier alpha value is -0.220. The van der Waals surface area contributed by atoms with Gasteiger partial charge < -0.3 is 10.6 Å². The van der Waals surface area contributed by atoms with Crippen LogP contribution in [0.15, 0.2) is 0 Å². The summed E-state index contributed by atoms with van der Waals surface area (Å²) in [6, 6.07) is -0.282. The Labute approximate surface area is 109 Å². The molecule has 0 aromatic heterocycles. The van der Waals surface area contributed by atoms with Crippen LogP contribution in [0.2, 0.25) is 0 Å². The van der Waals surface area contributed by atoms with Crippen LogP contribution in [0, 0.1) is 0 Å². The molecule has 1 saturated heterocycles. The average molecular weight is 258 g/mol. The van der Waals surface area contributed by atoms with Gasteiger partial charge >= 0.3 is 0 Å². The van der Waals surface area contributed by atoms with E-state index in [1.807, 2.05) is 16.7 Å². The molecule has 1 fully saturated rings. The number of amides is 1. The molecular formula is C13H26N2OS. The van der Waals surface area contributed by atoms with E-state index in [0.717, 1.165) is 38.8 Å². The van der Waals surface area contributed by atoms with Crippen LogP contribution in [-0.4, -0.2) is 41.4 Å². The number of unbranched alkanes of at least 4 members (excludes halogenated alkanes) is 1. The molecule has 17 heavy (non-hydrogen) atoms. The molecule has 0 aromatic carbocycles. The van der Waals surface area contributed by atoms with Crippen LogP contribution in [0.25, 0.3) is 0 Å². The number of carbonyl (C=O) groups excluding carboxylic acids is 1. The van der Waals surface area contributed by atoms with Gasteiger partial charge in [-0.1, -0.05) is 26.2 Å². The van der Waals surface area contributed by atoms with Crippen LogP contribution in [0.1, 0.15) is 45.4 Å². The van der Waals surface area contributed by atoms with E-state index >= 15 is 0 Å². The Balaban J connectivity index is 2.48. The Kier molecular flexibility index (Phi) is 6.97. The van der Waals surface area contributed by atoms with Crippen molar-refractivity contribution in [1.29, 1.82) is 0 Å². The molecular weight excluding hydrogens is 232 g/mol. The normalized spacial score (nSPS) is 23.2. The van der Waals surface area contributed by atoms with Gasteiger partial charge in [0.2, 0.25) is 5.91 Å². The lowest BCUT2D eigenvalue weighted by atomic mass is 10.1. The number of nitrogens with zero attached hydrogens (tertiary/aromatic N) is 1. The van der Waals surface area contributed by atoms with Gasteiger partial charge in [0.1, 0.15) is 0 Å². The van der Waals surface area contributed by atoms with Crippen molar-refractivity contribution in [2.24, 2.45) is 5.73 Å². The lowest BCUT2D eigenvalue weighted by Gasteiger charge is -2.26. The van der Waals surface area contributed by atoms with Crippen LogP contribution in [0.4, 0.5) is 0 Å². The second-order valence-electron chi connectivity index (χ2n) is 4.89. The summed E-state index contributed by atoms with van der Waals surface area (Å²) in [4.78, 5) is 14.2. The van der Waals surface area contributed by atoms with Crippen molar-refractivity contribution in [3.05, 3.63) is 0 Å². The third kappa shape index (κ3) is 4.88. The van der Waals surface area contributed by atoms with Gasteiger partial charge in [0.15, 0.2) is 0 Å². The summed E-state index contributed by atoms with van der Waals surface area (Å²) < 4.78 is 0. The molecule has 1 rings (SSSR count). The first-order chi connectivity index (χ1) is 8.19. The second kappa shape index (κ2) is 7.98. The molecule has 1 aliphatic rings. The smallest absolute Gasteiger partial charge is 0.239 e. The van der Waals surface area contributed by atoms with Crippen molar-refractivity contribution >= 4 is 17.7 Å². The monoisotopic (exact) mass is 258 g/mol. The molecule has 0 spiro atoms. The SMILES string of the molecule is CCCC[C@@H](N)C(=O)N1CCCC[C@H](SC)C1. The Morgan fingerprint density at radius 3 is 2.94 bits per heavy atom. The van der Waals surface area contributed by atoms with E-state index in [0.29, 0.717) is 5.25 Å². The fraction of sp³-hybridized carbons (Fsp3) is 0.923. The lowest BCUT2D eigenvalue weighted by Crippen LogP contribution is -2.45. The van der Waals surface area contributed by atoms with Crippen LogP contribution in [0.5, 0.6) is 0 Å². The van der Waals surface area contributed by atoms with Crippen molar-refractivity contribution in [3.63, 3.8) is 0 Å². The molecule has 1 heterocycles. The van der Waals surface area contributed by atoms with E-state index < -0.39 is 0 Å². The van der Waals surface area contributed by atoms with E-state index in [1.54, 1.807) is 0 Å². The van der Waals surface area contributed by atoms with Crippen LogP contribution in [0.3, 0.4) is 0 Å². The quantitative estimate of drug-likeness (QED) is 0.822. The molecule has 1 amide bonds. The largest absolute Gasteiger partial charge is 0.340 e. The highest BCUT2D eigenvalue weighted by atomic mass is 32.2. The molecule has 2 N–H and O–H groups in total. The molecule has 0 radical (unpaired) electrons. The van der Waals surface area contributed by atoms with Crippen molar-refractivity contribution < 1.29 is 4.79 Å². The Bertz CT molecular complexity index is 235. The number of hydrogen-bond acceptors (Lipinski definition) is 3. The molecule has 0 bridgehead atoms. The molecule has 0 aromatic rings. The third-order valence-corrected chi connectivity index (χ3v) is 4.51. The van der Waals surface area contributed by atoms with Crippen molar-refractivity contribution in [3.8, 4) is 0 Å². The van der Waals surface area contributed by atoms with Gasteiger partial charge in [-0.05, 0) is 25.5 Å². The minimum Gasteiger partial charge on any atom is -0.340 e. The summed E-state index contributed by atoms with van der Waals surface area (Å²) in [7, 11) is 0. The lowest BCUT2D eigenvalue weighted by molar-refractivity contribution is -0.132. The average Bonchev–Trinajstić information content (AvgIpc) is 2.60. The van der Waals surface area contributed by atoms with Gasteiger partial charge in [0.25, 0.3) is 0 Å². The summed E-state index contributed by atoms with van der Waals surface area (Å²) in [5.74, 6) is 0.166. The standard InChI is InChI=1S/C13H26N2OS/c1-3-4-8-12(14)13(16)15-9-6-5-7-11(10-15)17-2/h11-12H,3-10,14H2,1-2H3/t11-,12+/m0/s1. The van der Waals surface area contributed by atoms with Crippen LogP contribution >= 0.6 is 11.8 Å². The predicted molar refractivity (Wildman–Crippen MR) is 75.2 cm³/mol. The van der Waals surface area contributed by atoms with E-state index in [1.165, 1.54) is 12.8 Å². The molecule has 4 heteroatoms. The van der Waals surface area contributed by atoms with Crippen molar-refractivity contribution in [2.75, 3.05) is 19.3 Å². The van der Waals surface area contributed by atoms with Gasteiger partial charge in [-0.25, -0.2) is 0 Å². The summed E-state index contributed by atoms with van der Waals surface area (Å²) in [6.07, 6.45) is 8.71. The maximum absolute atomic E-state index is 12.2. The maximum atomic E-state index is 12.2. The minimum atomic E-state index is -0.282. The summed E-state index contributed by atoms with van der Waals surface area (Å²) in [5.41, 5.74) is 5.97. The zero-order chi connectivity index (χ0) is 12.7. The highest BCUT2D eigenvalue weighted by Gasteiger charge is 2.24. The highest BCUT2D eigenvalue weighted by Crippen LogP contribution is 2.20. The van der Waals surface area contributed by atoms with Crippen molar-refractivity contribution in [2.45, 2.75) is 56.7 Å². The zero-order valence-electron chi connectivity index (χ0n) is 11.2. The maximum Gasteiger partial charge on any atom is 0.239 e. The van der Waals surface area contributed by atoms with E-state index in [-0.39, 0.29) is 11.9 Å². The van der Waals surface area contributed by atoms with Gasteiger partial charge in [-0.15, -0.1) is 0 Å². The first-order valence-corrected chi connectivity index (χ1v) is 8.05. The van der Waals surface area contributed by atoms with Crippen LogP contribution in [-0.2, 0) is 4.79 Å². The first kappa shape index (κ1) is 14.8. The number of hydrogen-bond donors (Lipinski definition) is 1.